The van der Waals surface area contributed by atoms with Gasteiger partial charge in [0, 0.05) is 6.54 Å². The van der Waals surface area contributed by atoms with E-state index in [4.69, 9.17) is 5.73 Å². The summed E-state index contributed by atoms with van der Waals surface area (Å²) in [6.07, 6.45) is 4.29. The zero-order valence-corrected chi connectivity index (χ0v) is 12.5. The van der Waals surface area contributed by atoms with Crippen LogP contribution < -0.4 is 16.4 Å². The van der Waals surface area contributed by atoms with E-state index in [0.717, 1.165) is 5.56 Å². The number of amides is 3. The normalized spacial score (nSPS) is 12.3. The van der Waals surface area contributed by atoms with Gasteiger partial charge in [-0.15, -0.1) is 0 Å². The van der Waals surface area contributed by atoms with E-state index in [1.54, 1.807) is 0 Å². The summed E-state index contributed by atoms with van der Waals surface area (Å²) in [5.74, 6) is -0.237. The number of nitrogens with two attached hydrogens (primary N) is 1. The smallest absolute Gasteiger partial charge is 0.315 e. The first-order valence-corrected chi connectivity index (χ1v) is 7.04. The fourth-order valence-corrected chi connectivity index (χ4v) is 1.84. The molecule has 114 valence electrons. The van der Waals surface area contributed by atoms with E-state index in [9.17, 15) is 9.59 Å². The maximum absolute atomic E-state index is 11.7. The fraction of sp³-hybridized carbons (Fsp3) is 0.375. The van der Waals surface area contributed by atoms with Gasteiger partial charge in [0.15, 0.2) is 0 Å². The molecule has 0 bridgehead atoms. The third-order valence-electron chi connectivity index (χ3n) is 2.85. The molecule has 1 aromatic rings. The van der Waals surface area contributed by atoms with Crippen LogP contribution in [0.25, 0.3) is 6.08 Å². The Bertz CT molecular complexity index is 484. The standard InChI is InChI=1S/C16H23N3O2/c1-12(2)11-14(15(17)20)19-16(21)18-10-6-9-13-7-4-3-5-8-13/h3-9,12,14H,10-11H2,1-2H3,(H2,17,20)(H2,18,19,21)/t14-/m0/s1. The van der Waals surface area contributed by atoms with E-state index in [0.29, 0.717) is 13.0 Å². The molecule has 4 N–H and O–H groups in total. The SMILES string of the molecule is CC(C)C[C@H](NC(=O)NCC=Cc1ccccc1)C(N)=O. The molecule has 0 aliphatic carbocycles. The van der Waals surface area contributed by atoms with Crippen molar-refractivity contribution in [1.82, 2.24) is 10.6 Å². The van der Waals surface area contributed by atoms with E-state index in [1.807, 2.05) is 56.3 Å². The van der Waals surface area contributed by atoms with E-state index < -0.39 is 18.0 Å². The van der Waals surface area contributed by atoms with E-state index in [-0.39, 0.29) is 5.92 Å². The summed E-state index contributed by atoms with van der Waals surface area (Å²) < 4.78 is 0. The molecule has 0 radical (unpaired) electrons. The molecule has 0 saturated heterocycles. The average molecular weight is 289 g/mol. The lowest BCUT2D eigenvalue weighted by Gasteiger charge is -2.17. The molecule has 5 heteroatoms. The van der Waals surface area contributed by atoms with Crippen LogP contribution in [0.2, 0.25) is 0 Å². The van der Waals surface area contributed by atoms with Gasteiger partial charge >= 0.3 is 6.03 Å². The van der Waals surface area contributed by atoms with Crippen LogP contribution in [-0.4, -0.2) is 24.5 Å². The predicted molar refractivity (Wildman–Crippen MR) is 84.4 cm³/mol. The van der Waals surface area contributed by atoms with Gasteiger partial charge in [-0.3, -0.25) is 4.79 Å². The highest BCUT2D eigenvalue weighted by molar-refractivity contribution is 5.85. The Morgan fingerprint density at radius 1 is 1.24 bits per heavy atom. The fourth-order valence-electron chi connectivity index (χ4n) is 1.84. The molecule has 0 aliphatic heterocycles. The number of carbonyl (C=O) groups excluding carboxylic acids is 2. The third-order valence-corrected chi connectivity index (χ3v) is 2.85. The lowest BCUT2D eigenvalue weighted by Crippen LogP contribution is -2.49. The predicted octanol–water partition coefficient (Wildman–Crippen LogP) is 1.90. The van der Waals surface area contributed by atoms with Gasteiger partial charge in [0.05, 0.1) is 0 Å². The summed E-state index contributed by atoms with van der Waals surface area (Å²) in [6.45, 7) is 4.32. The van der Waals surface area contributed by atoms with Gasteiger partial charge in [0.1, 0.15) is 6.04 Å². The Hall–Kier alpha value is -2.30. The largest absolute Gasteiger partial charge is 0.368 e. The van der Waals surface area contributed by atoms with Gasteiger partial charge in [0.25, 0.3) is 0 Å². The minimum atomic E-state index is -0.636. The Morgan fingerprint density at radius 2 is 1.90 bits per heavy atom. The first-order valence-electron chi connectivity index (χ1n) is 7.04. The summed E-state index contributed by atoms with van der Waals surface area (Å²) >= 11 is 0. The second kappa shape index (κ2) is 8.79. The van der Waals surface area contributed by atoms with Crippen molar-refractivity contribution in [2.45, 2.75) is 26.3 Å². The minimum Gasteiger partial charge on any atom is -0.368 e. The Balaban J connectivity index is 2.36. The van der Waals surface area contributed by atoms with Crippen LogP contribution in [0.15, 0.2) is 36.4 Å². The number of carbonyl (C=O) groups is 2. The van der Waals surface area contributed by atoms with Crippen molar-refractivity contribution in [3.63, 3.8) is 0 Å². The van der Waals surface area contributed by atoms with E-state index in [1.165, 1.54) is 0 Å². The molecule has 1 rings (SSSR count). The van der Waals surface area contributed by atoms with Crippen LogP contribution in [0.5, 0.6) is 0 Å². The van der Waals surface area contributed by atoms with Gasteiger partial charge in [-0.25, -0.2) is 4.79 Å². The van der Waals surface area contributed by atoms with Gasteiger partial charge in [0.2, 0.25) is 5.91 Å². The second-order valence-corrected chi connectivity index (χ2v) is 5.25. The molecule has 1 aromatic carbocycles. The summed E-state index contributed by atoms with van der Waals surface area (Å²) in [4.78, 5) is 22.9. The maximum atomic E-state index is 11.7. The first-order chi connectivity index (χ1) is 9.99. The Labute approximate surface area is 125 Å². The van der Waals surface area contributed by atoms with Crippen molar-refractivity contribution < 1.29 is 9.59 Å². The number of hydrogen-bond acceptors (Lipinski definition) is 2. The molecule has 0 aromatic heterocycles. The van der Waals surface area contributed by atoms with Crippen molar-refractivity contribution in [3.8, 4) is 0 Å². The third kappa shape index (κ3) is 7.15. The number of hydrogen-bond donors (Lipinski definition) is 3. The van der Waals surface area contributed by atoms with Crippen molar-refractivity contribution in [2.24, 2.45) is 11.7 Å². The topological polar surface area (TPSA) is 84.2 Å². The van der Waals surface area contributed by atoms with Crippen molar-refractivity contribution in [2.75, 3.05) is 6.54 Å². The van der Waals surface area contributed by atoms with E-state index >= 15 is 0 Å². The molecule has 0 fully saturated rings. The molecule has 0 heterocycles. The van der Waals surface area contributed by atoms with Gasteiger partial charge in [-0.2, -0.15) is 0 Å². The zero-order chi connectivity index (χ0) is 15.7. The molecule has 0 spiro atoms. The molecule has 1 atom stereocenters. The number of urea groups is 1. The van der Waals surface area contributed by atoms with Gasteiger partial charge in [-0.05, 0) is 17.9 Å². The average Bonchev–Trinajstić information content (AvgIpc) is 2.43. The molecule has 5 nitrogen and oxygen atoms in total. The summed E-state index contributed by atoms with van der Waals surface area (Å²) in [5.41, 5.74) is 6.33. The summed E-state index contributed by atoms with van der Waals surface area (Å²) in [7, 11) is 0. The van der Waals surface area contributed by atoms with Crippen LogP contribution in [0.3, 0.4) is 0 Å². The molecule has 0 saturated carbocycles. The molecule has 3 amide bonds. The van der Waals surface area contributed by atoms with Crippen molar-refractivity contribution >= 4 is 18.0 Å². The highest BCUT2D eigenvalue weighted by atomic mass is 16.2. The molecule has 21 heavy (non-hydrogen) atoms. The summed E-state index contributed by atoms with van der Waals surface area (Å²) in [5, 5.41) is 5.25. The number of primary amides is 1. The highest BCUT2D eigenvalue weighted by Crippen LogP contribution is 2.04. The number of benzene rings is 1. The lowest BCUT2D eigenvalue weighted by atomic mass is 10.0. The lowest BCUT2D eigenvalue weighted by molar-refractivity contribution is -0.120. The Morgan fingerprint density at radius 3 is 2.48 bits per heavy atom. The zero-order valence-electron chi connectivity index (χ0n) is 12.5. The van der Waals surface area contributed by atoms with Crippen LogP contribution >= 0.6 is 0 Å². The van der Waals surface area contributed by atoms with Crippen LogP contribution in [0, 0.1) is 5.92 Å². The van der Waals surface area contributed by atoms with E-state index in [2.05, 4.69) is 10.6 Å². The number of rotatable bonds is 7. The van der Waals surface area contributed by atoms with Crippen LogP contribution in [0.1, 0.15) is 25.8 Å². The molecule has 0 aliphatic rings. The number of nitrogens with one attached hydrogen (secondary N) is 2. The summed E-state index contributed by atoms with van der Waals surface area (Å²) in [6, 6.07) is 8.76. The van der Waals surface area contributed by atoms with Crippen LogP contribution in [0.4, 0.5) is 4.79 Å². The Kier molecular flexibility index (Phi) is 7.01. The van der Waals surface area contributed by atoms with Gasteiger partial charge in [-0.1, -0.05) is 56.3 Å². The van der Waals surface area contributed by atoms with Crippen molar-refractivity contribution in [1.29, 1.82) is 0 Å². The molecular formula is C16H23N3O2. The first kappa shape index (κ1) is 16.8. The monoisotopic (exact) mass is 289 g/mol. The molecular weight excluding hydrogens is 266 g/mol. The highest BCUT2D eigenvalue weighted by Gasteiger charge is 2.18. The minimum absolute atomic E-state index is 0.278. The second-order valence-electron chi connectivity index (χ2n) is 5.25. The van der Waals surface area contributed by atoms with Crippen LogP contribution in [-0.2, 0) is 4.79 Å². The quantitative estimate of drug-likeness (QED) is 0.716. The van der Waals surface area contributed by atoms with Crippen molar-refractivity contribution in [3.05, 3.63) is 42.0 Å². The maximum Gasteiger partial charge on any atom is 0.315 e. The molecule has 0 unspecified atom stereocenters. The van der Waals surface area contributed by atoms with Gasteiger partial charge < -0.3 is 16.4 Å².